The molecule has 1 aliphatic rings. The maximum Gasteiger partial charge on any atom is 0.316 e. The molecule has 2 aromatic rings. The summed E-state index contributed by atoms with van der Waals surface area (Å²) in [6, 6.07) is 9.26. The molecular formula is C16H16ClN3O2. The Morgan fingerprint density at radius 1 is 1.14 bits per heavy atom. The highest BCUT2D eigenvalue weighted by molar-refractivity contribution is 6.33. The van der Waals surface area contributed by atoms with Gasteiger partial charge >= 0.3 is 6.01 Å². The first-order valence-corrected chi connectivity index (χ1v) is 7.59. The second-order valence-corrected chi connectivity index (χ2v) is 5.53. The van der Waals surface area contributed by atoms with Crippen LogP contribution < -0.4 is 4.74 Å². The van der Waals surface area contributed by atoms with Crippen molar-refractivity contribution in [2.24, 2.45) is 0 Å². The fraction of sp³-hybridized carbons (Fsp3) is 0.312. The normalized spacial score (nSPS) is 15.6. The van der Waals surface area contributed by atoms with E-state index >= 15 is 0 Å². The van der Waals surface area contributed by atoms with Crippen LogP contribution in [0.15, 0.2) is 42.7 Å². The van der Waals surface area contributed by atoms with Crippen molar-refractivity contribution in [2.75, 3.05) is 13.1 Å². The summed E-state index contributed by atoms with van der Waals surface area (Å²) >= 11 is 6.09. The molecule has 22 heavy (non-hydrogen) atoms. The molecular weight excluding hydrogens is 302 g/mol. The number of halogens is 1. The first-order valence-electron chi connectivity index (χ1n) is 7.21. The number of carbonyl (C=O) groups excluding carboxylic acids is 1. The molecule has 6 heteroatoms. The molecule has 2 heterocycles. The largest absolute Gasteiger partial charge is 0.460 e. The summed E-state index contributed by atoms with van der Waals surface area (Å²) in [5.41, 5.74) is 0.551. The Bertz CT molecular complexity index is 643. The molecule has 0 N–H and O–H groups in total. The lowest BCUT2D eigenvalue weighted by Gasteiger charge is -2.31. The average molecular weight is 318 g/mol. The second-order valence-electron chi connectivity index (χ2n) is 5.12. The molecule has 0 bridgehead atoms. The van der Waals surface area contributed by atoms with E-state index in [0.29, 0.717) is 29.7 Å². The van der Waals surface area contributed by atoms with Crippen molar-refractivity contribution in [1.29, 1.82) is 0 Å². The van der Waals surface area contributed by atoms with E-state index in [-0.39, 0.29) is 12.0 Å². The molecule has 1 fully saturated rings. The highest BCUT2D eigenvalue weighted by Crippen LogP contribution is 2.21. The lowest BCUT2D eigenvalue weighted by Crippen LogP contribution is -2.42. The molecule has 1 amide bonds. The number of rotatable bonds is 3. The van der Waals surface area contributed by atoms with Gasteiger partial charge in [0, 0.05) is 38.3 Å². The molecule has 3 rings (SSSR count). The second kappa shape index (κ2) is 6.75. The van der Waals surface area contributed by atoms with Gasteiger partial charge in [-0.2, -0.15) is 0 Å². The van der Waals surface area contributed by atoms with Gasteiger partial charge in [-0.25, -0.2) is 9.97 Å². The highest BCUT2D eigenvalue weighted by Gasteiger charge is 2.26. The van der Waals surface area contributed by atoms with E-state index in [1.165, 1.54) is 0 Å². The Morgan fingerprint density at radius 3 is 2.50 bits per heavy atom. The summed E-state index contributed by atoms with van der Waals surface area (Å²) in [5, 5.41) is 0.489. The quantitative estimate of drug-likeness (QED) is 0.873. The fourth-order valence-electron chi connectivity index (χ4n) is 2.48. The first-order chi connectivity index (χ1) is 10.7. The van der Waals surface area contributed by atoms with Crippen LogP contribution in [-0.4, -0.2) is 40.0 Å². The van der Waals surface area contributed by atoms with Crippen molar-refractivity contribution in [1.82, 2.24) is 14.9 Å². The first kappa shape index (κ1) is 14.8. The Kier molecular flexibility index (Phi) is 4.53. The van der Waals surface area contributed by atoms with Gasteiger partial charge in [0.05, 0.1) is 10.6 Å². The SMILES string of the molecule is O=C(c1ccccc1Cl)N1CCC(Oc2ncccn2)CC1. The predicted molar refractivity (Wildman–Crippen MR) is 83.0 cm³/mol. The van der Waals surface area contributed by atoms with Crippen LogP contribution in [0.3, 0.4) is 0 Å². The fourth-order valence-corrected chi connectivity index (χ4v) is 2.69. The molecule has 1 aromatic heterocycles. The number of benzene rings is 1. The summed E-state index contributed by atoms with van der Waals surface area (Å²) in [7, 11) is 0. The highest BCUT2D eigenvalue weighted by atomic mass is 35.5. The van der Waals surface area contributed by atoms with E-state index < -0.39 is 0 Å². The van der Waals surface area contributed by atoms with Crippen molar-refractivity contribution < 1.29 is 9.53 Å². The Morgan fingerprint density at radius 2 is 1.82 bits per heavy atom. The number of piperidine rings is 1. The summed E-state index contributed by atoms with van der Waals surface area (Å²) in [6.07, 6.45) is 4.86. The van der Waals surface area contributed by atoms with E-state index in [1.54, 1.807) is 30.6 Å². The van der Waals surface area contributed by atoms with Crippen molar-refractivity contribution in [3.05, 3.63) is 53.3 Å². The average Bonchev–Trinajstić information content (AvgIpc) is 2.56. The molecule has 5 nitrogen and oxygen atoms in total. The van der Waals surface area contributed by atoms with Gasteiger partial charge in [-0.3, -0.25) is 4.79 Å². The molecule has 1 aromatic carbocycles. The Balaban J connectivity index is 1.58. The van der Waals surface area contributed by atoms with E-state index in [1.807, 2.05) is 17.0 Å². The molecule has 0 spiro atoms. The van der Waals surface area contributed by atoms with Gasteiger partial charge in [0.25, 0.3) is 5.91 Å². The van der Waals surface area contributed by atoms with E-state index in [0.717, 1.165) is 12.8 Å². The third kappa shape index (κ3) is 3.36. The van der Waals surface area contributed by atoms with Gasteiger partial charge in [0.15, 0.2) is 0 Å². The summed E-state index contributed by atoms with van der Waals surface area (Å²) in [5.74, 6) is -0.0278. The topological polar surface area (TPSA) is 55.3 Å². The van der Waals surface area contributed by atoms with Gasteiger partial charge in [-0.05, 0) is 18.2 Å². The smallest absolute Gasteiger partial charge is 0.316 e. The minimum absolute atomic E-state index is 0.0278. The maximum atomic E-state index is 12.5. The number of likely N-dealkylation sites (tertiary alicyclic amines) is 1. The zero-order valence-electron chi connectivity index (χ0n) is 12.0. The van der Waals surface area contributed by atoms with Crippen LogP contribution in [0.25, 0.3) is 0 Å². The van der Waals surface area contributed by atoms with Crippen molar-refractivity contribution in [3.8, 4) is 6.01 Å². The molecule has 1 aliphatic heterocycles. The molecule has 0 radical (unpaired) electrons. The number of amides is 1. The van der Waals surface area contributed by atoms with Gasteiger partial charge in [0.2, 0.25) is 0 Å². The Labute approximate surface area is 133 Å². The zero-order valence-corrected chi connectivity index (χ0v) is 12.7. The van der Waals surface area contributed by atoms with E-state index in [4.69, 9.17) is 16.3 Å². The van der Waals surface area contributed by atoms with Gasteiger partial charge in [0.1, 0.15) is 6.10 Å². The lowest BCUT2D eigenvalue weighted by atomic mass is 10.1. The number of carbonyl (C=O) groups is 1. The van der Waals surface area contributed by atoms with E-state index in [9.17, 15) is 4.79 Å². The van der Waals surface area contributed by atoms with Gasteiger partial charge in [-0.1, -0.05) is 23.7 Å². The standard InChI is InChI=1S/C16H16ClN3O2/c17-14-5-2-1-4-13(14)15(21)20-10-6-12(7-11-20)22-16-18-8-3-9-19-16/h1-5,8-9,12H,6-7,10-11H2. The number of nitrogens with zero attached hydrogens (tertiary/aromatic N) is 3. The summed E-state index contributed by atoms with van der Waals surface area (Å²) < 4.78 is 5.73. The van der Waals surface area contributed by atoms with Gasteiger partial charge in [-0.15, -0.1) is 0 Å². The summed E-state index contributed by atoms with van der Waals surface area (Å²) in [6.45, 7) is 1.28. The molecule has 0 atom stereocenters. The van der Waals surface area contributed by atoms with E-state index in [2.05, 4.69) is 9.97 Å². The molecule has 1 saturated heterocycles. The third-order valence-electron chi connectivity index (χ3n) is 3.65. The van der Waals surface area contributed by atoms with Gasteiger partial charge < -0.3 is 9.64 Å². The van der Waals surface area contributed by atoms with Crippen LogP contribution in [0, 0.1) is 0 Å². The van der Waals surface area contributed by atoms with Crippen molar-refractivity contribution in [2.45, 2.75) is 18.9 Å². The number of aromatic nitrogens is 2. The van der Waals surface area contributed by atoms with Crippen LogP contribution in [0.5, 0.6) is 6.01 Å². The minimum atomic E-state index is -0.0278. The summed E-state index contributed by atoms with van der Waals surface area (Å²) in [4.78, 5) is 22.4. The lowest BCUT2D eigenvalue weighted by molar-refractivity contribution is 0.0579. The number of hydrogen-bond acceptors (Lipinski definition) is 4. The Hall–Kier alpha value is -2.14. The minimum Gasteiger partial charge on any atom is -0.460 e. The van der Waals surface area contributed by atoms with Crippen LogP contribution in [-0.2, 0) is 0 Å². The molecule has 0 aliphatic carbocycles. The molecule has 0 unspecified atom stereocenters. The van der Waals surface area contributed by atoms with Crippen LogP contribution in [0.2, 0.25) is 5.02 Å². The van der Waals surface area contributed by atoms with Crippen LogP contribution in [0.4, 0.5) is 0 Å². The zero-order chi connectivity index (χ0) is 15.4. The van der Waals surface area contributed by atoms with Crippen LogP contribution >= 0.6 is 11.6 Å². The number of hydrogen-bond donors (Lipinski definition) is 0. The maximum absolute atomic E-state index is 12.5. The van der Waals surface area contributed by atoms with Crippen molar-refractivity contribution in [3.63, 3.8) is 0 Å². The monoisotopic (exact) mass is 317 g/mol. The predicted octanol–water partition coefficient (Wildman–Crippen LogP) is 2.81. The number of ether oxygens (including phenoxy) is 1. The van der Waals surface area contributed by atoms with Crippen LogP contribution in [0.1, 0.15) is 23.2 Å². The molecule has 0 saturated carbocycles. The van der Waals surface area contributed by atoms with Crippen molar-refractivity contribution >= 4 is 17.5 Å². The molecule has 114 valence electrons. The third-order valence-corrected chi connectivity index (χ3v) is 3.98.